The van der Waals surface area contributed by atoms with Crippen LogP contribution >= 0.6 is 11.3 Å². The van der Waals surface area contributed by atoms with Gasteiger partial charge in [0, 0.05) is 5.38 Å². The van der Waals surface area contributed by atoms with Crippen molar-refractivity contribution in [3.8, 4) is 0 Å². The molecule has 0 aromatic carbocycles. The third-order valence-corrected chi connectivity index (χ3v) is 10.8. The van der Waals surface area contributed by atoms with E-state index < -0.39 is 0 Å². The Morgan fingerprint density at radius 1 is 0.710 bits per heavy atom. The van der Waals surface area contributed by atoms with Gasteiger partial charge in [-0.25, -0.2) is 4.98 Å². The second kappa shape index (κ2) is 6.55. The molecular formula is C25H33N3O2S. The van der Waals surface area contributed by atoms with E-state index >= 15 is 0 Å². The van der Waals surface area contributed by atoms with Crippen LogP contribution in [0.3, 0.4) is 0 Å². The fourth-order valence-electron chi connectivity index (χ4n) is 9.64. The lowest BCUT2D eigenvalue weighted by molar-refractivity contribution is -0.140. The van der Waals surface area contributed by atoms with E-state index in [0.29, 0.717) is 10.9 Å². The maximum absolute atomic E-state index is 13.3. The summed E-state index contributed by atoms with van der Waals surface area (Å²) in [6.07, 6.45) is 14.4. The molecule has 166 valence electrons. The molecule has 8 aliphatic carbocycles. The van der Waals surface area contributed by atoms with Gasteiger partial charge in [-0.1, -0.05) is 0 Å². The van der Waals surface area contributed by atoms with Crippen LogP contribution in [0.1, 0.15) is 77.0 Å². The van der Waals surface area contributed by atoms with E-state index in [1.54, 1.807) is 0 Å². The molecule has 0 spiro atoms. The van der Waals surface area contributed by atoms with Crippen LogP contribution in [0.2, 0.25) is 0 Å². The summed E-state index contributed by atoms with van der Waals surface area (Å²) in [5, 5.41) is 8.82. The molecule has 1 heterocycles. The number of nitrogens with one attached hydrogen (secondary N) is 2. The Morgan fingerprint density at radius 2 is 1.10 bits per heavy atom. The average Bonchev–Trinajstić information content (AvgIpc) is 3.12. The van der Waals surface area contributed by atoms with E-state index in [9.17, 15) is 9.59 Å². The van der Waals surface area contributed by atoms with E-state index in [1.807, 2.05) is 5.38 Å². The molecule has 8 saturated carbocycles. The minimum atomic E-state index is -0.166. The molecular weight excluding hydrogens is 406 g/mol. The molecule has 2 N–H and O–H groups in total. The van der Waals surface area contributed by atoms with Gasteiger partial charge in [0.05, 0.1) is 10.8 Å². The number of rotatable bonds is 4. The van der Waals surface area contributed by atoms with Gasteiger partial charge in [-0.2, -0.15) is 0 Å². The summed E-state index contributed by atoms with van der Waals surface area (Å²) in [5.41, 5.74) is -0.329. The molecule has 2 amide bonds. The minimum Gasteiger partial charge on any atom is -0.309 e. The zero-order chi connectivity index (χ0) is 20.8. The number of carbonyl (C=O) groups excluding carboxylic acids is 2. The van der Waals surface area contributed by atoms with Gasteiger partial charge < -0.3 is 10.6 Å². The van der Waals surface area contributed by atoms with Crippen LogP contribution in [0.5, 0.6) is 0 Å². The van der Waals surface area contributed by atoms with Crippen LogP contribution < -0.4 is 10.6 Å². The monoisotopic (exact) mass is 439 g/mol. The first-order valence-corrected chi connectivity index (χ1v) is 13.4. The zero-order valence-corrected chi connectivity index (χ0v) is 19.0. The standard InChI is InChI=1S/C25H33N3O2S/c29-21(24-7-14-1-15(8-24)3-16(2-14)9-24)26-20-13-31-23(27-20)28-22(30)25-10-17-4-18(11-25)6-19(5-17)12-25/h13-19H,1-12H2,(H,26,29)(H,27,28,30). The van der Waals surface area contributed by atoms with Crippen LogP contribution in [-0.4, -0.2) is 16.8 Å². The fraction of sp³-hybridized carbons (Fsp3) is 0.800. The van der Waals surface area contributed by atoms with Crippen molar-refractivity contribution in [3.63, 3.8) is 0 Å². The summed E-state index contributed by atoms with van der Waals surface area (Å²) in [6.45, 7) is 0. The highest BCUT2D eigenvalue weighted by atomic mass is 32.1. The molecule has 8 aliphatic rings. The second-order valence-corrected chi connectivity index (χ2v) is 13.2. The van der Waals surface area contributed by atoms with Crippen LogP contribution in [0.25, 0.3) is 0 Å². The third-order valence-electron chi connectivity index (χ3n) is 10.0. The second-order valence-electron chi connectivity index (χ2n) is 12.3. The Morgan fingerprint density at radius 3 is 1.52 bits per heavy atom. The first kappa shape index (κ1) is 19.1. The molecule has 31 heavy (non-hydrogen) atoms. The quantitative estimate of drug-likeness (QED) is 0.655. The van der Waals surface area contributed by atoms with E-state index in [4.69, 9.17) is 0 Å². The van der Waals surface area contributed by atoms with Gasteiger partial charge in [-0.15, -0.1) is 11.3 Å². The lowest BCUT2D eigenvalue weighted by Crippen LogP contribution is -2.52. The van der Waals surface area contributed by atoms with Crippen molar-refractivity contribution in [3.05, 3.63) is 5.38 Å². The molecule has 8 fully saturated rings. The predicted octanol–water partition coefficient (Wildman–Crippen LogP) is 5.45. The summed E-state index contributed by atoms with van der Waals surface area (Å²) >= 11 is 1.44. The number of anilines is 2. The Labute approximate surface area is 188 Å². The highest BCUT2D eigenvalue weighted by molar-refractivity contribution is 7.14. The summed E-state index contributed by atoms with van der Waals surface area (Å²) in [6, 6.07) is 0. The molecule has 6 heteroatoms. The number of hydrogen-bond acceptors (Lipinski definition) is 4. The van der Waals surface area contributed by atoms with E-state index in [1.165, 1.54) is 49.9 Å². The highest BCUT2D eigenvalue weighted by Crippen LogP contribution is 2.61. The molecule has 0 unspecified atom stereocenters. The summed E-state index contributed by atoms with van der Waals surface area (Å²) in [5.74, 6) is 5.49. The SMILES string of the molecule is O=C(Nc1csc(NC(=O)C23CC4CC(CC(C4)C2)C3)n1)C12CC3CC(CC(C3)C1)C2. The summed E-state index contributed by atoms with van der Waals surface area (Å²) in [7, 11) is 0. The van der Waals surface area contributed by atoms with Gasteiger partial charge in [0.15, 0.2) is 5.13 Å². The number of thiazole rings is 1. The first-order valence-electron chi connectivity index (χ1n) is 12.6. The smallest absolute Gasteiger partial charge is 0.232 e. The maximum Gasteiger partial charge on any atom is 0.232 e. The lowest BCUT2D eigenvalue weighted by Gasteiger charge is -2.55. The molecule has 1 aromatic heterocycles. The predicted molar refractivity (Wildman–Crippen MR) is 121 cm³/mol. The zero-order valence-electron chi connectivity index (χ0n) is 18.2. The van der Waals surface area contributed by atoms with Gasteiger partial charge in [0.25, 0.3) is 0 Å². The molecule has 1 aromatic rings. The lowest BCUT2D eigenvalue weighted by atomic mass is 9.49. The number of hydrogen-bond donors (Lipinski definition) is 2. The van der Waals surface area contributed by atoms with Crippen LogP contribution in [-0.2, 0) is 9.59 Å². The van der Waals surface area contributed by atoms with Gasteiger partial charge in [0.2, 0.25) is 11.8 Å². The van der Waals surface area contributed by atoms with E-state index in [-0.39, 0.29) is 22.6 Å². The average molecular weight is 440 g/mol. The minimum absolute atomic E-state index is 0.164. The van der Waals surface area contributed by atoms with Crippen LogP contribution in [0, 0.1) is 46.3 Å². The van der Waals surface area contributed by atoms with Gasteiger partial charge in [-0.05, 0) is 113 Å². The van der Waals surface area contributed by atoms with Crippen molar-refractivity contribution in [2.75, 3.05) is 10.6 Å². The molecule has 8 bridgehead atoms. The van der Waals surface area contributed by atoms with E-state index in [0.717, 1.165) is 74.0 Å². The Hall–Kier alpha value is -1.43. The molecule has 5 nitrogen and oxygen atoms in total. The Bertz CT molecular complexity index is 794. The van der Waals surface area contributed by atoms with Crippen LogP contribution in [0.15, 0.2) is 5.38 Å². The van der Waals surface area contributed by atoms with Crippen molar-refractivity contribution >= 4 is 34.1 Å². The Kier molecular flexibility index (Phi) is 4.03. The number of aromatic nitrogens is 1. The highest BCUT2D eigenvalue weighted by Gasteiger charge is 2.56. The van der Waals surface area contributed by atoms with Crippen molar-refractivity contribution in [1.29, 1.82) is 0 Å². The topological polar surface area (TPSA) is 71.1 Å². The summed E-state index contributed by atoms with van der Waals surface area (Å²) in [4.78, 5) is 31.2. The van der Waals surface area contributed by atoms with Gasteiger partial charge in [0.1, 0.15) is 5.82 Å². The van der Waals surface area contributed by atoms with Crippen molar-refractivity contribution in [1.82, 2.24) is 4.98 Å². The van der Waals surface area contributed by atoms with Crippen molar-refractivity contribution in [2.45, 2.75) is 77.0 Å². The molecule has 0 aliphatic heterocycles. The number of carbonyl (C=O) groups is 2. The van der Waals surface area contributed by atoms with Gasteiger partial charge in [-0.3, -0.25) is 9.59 Å². The maximum atomic E-state index is 13.3. The van der Waals surface area contributed by atoms with Crippen LogP contribution in [0.4, 0.5) is 10.9 Å². The number of amides is 2. The number of nitrogens with zero attached hydrogens (tertiary/aromatic N) is 1. The summed E-state index contributed by atoms with van der Waals surface area (Å²) < 4.78 is 0. The van der Waals surface area contributed by atoms with Crippen molar-refractivity contribution < 1.29 is 9.59 Å². The molecule has 9 rings (SSSR count). The molecule has 0 radical (unpaired) electrons. The van der Waals surface area contributed by atoms with Gasteiger partial charge >= 0.3 is 0 Å². The molecule has 0 atom stereocenters. The molecule has 0 saturated heterocycles. The fourth-order valence-corrected chi connectivity index (χ4v) is 10.3. The third kappa shape index (κ3) is 3.03. The first-order chi connectivity index (χ1) is 15.0. The largest absolute Gasteiger partial charge is 0.309 e. The van der Waals surface area contributed by atoms with Crippen molar-refractivity contribution in [2.24, 2.45) is 46.3 Å². The Balaban J connectivity index is 1.03. The normalized spacial score (nSPS) is 46.3. The van der Waals surface area contributed by atoms with E-state index in [2.05, 4.69) is 15.6 Å².